The predicted molar refractivity (Wildman–Crippen MR) is 179 cm³/mol. The summed E-state index contributed by atoms with van der Waals surface area (Å²) < 4.78 is 0. The van der Waals surface area contributed by atoms with Crippen LogP contribution in [0.15, 0.2) is 0 Å². The van der Waals surface area contributed by atoms with Gasteiger partial charge in [-0.2, -0.15) is 0 Å². The molecule has 0 nitrogen and oxygen atoms in total. The number of hydrogen-bond acceptors (Lipinski definition) is 0. The molecular formula is C56H40. The molecule has 0 N–H and O–H groups in total. The van der Waals surface area contributed by atoms with Crippen LogP contribution in [0.5, 0.6) is 0 Å². The molecule has 44 atom stereocenters. The molecule has 37 rings (SSSR count). The lowest BCUT2D eigenvalue weighted by atomic mass is 8.53. The summed E-state index contributed by atoms with van der Waals surface area (Å²) in [6.07, 6.45) is 7.42. The Balaban J connectivity index is 0.717. The molecule has 37 aliphatic carbocycles. The Kier molecular flexibility index (Phi) is 1.18. The highest BCUT2D eigenvalue weighted by molar-refractivity contribution is 5.96. The van der Waals surface area contributed by atoms with E-state index >= 15 is 0 Å². The van der Waals surface area contributed by atoms with Crippen LogP contribution in [0.2, 0.25) is 0 Å². The van der Waals surface area contributed by atoms with Crippen molar-refractivity contribution in [3.05, 3.63) is 0 Å². The Morgan fingerprint density at radius 2 is 0.357 bits per heavy atom. The van der Waals surface area contributed by atoms with Crippen LogP contribution < -0.4 is 0 Å². The van der Waals surface area contributed by atoms with E-state index in [1.54, 1.807) is 0 Å². The van der Waals surface area contributed by atoms with Gasteiger partial charge in [0.25, 0.3) is 0 Å². The minimum atomic E-state index is 1.09. The van der Waals surface area contributed by atoms with Crippen LogP contribution in [0.25, 0.3) is 0 Å². The first-order chi connectivity index (χ1) is 27.8. The molecule has 44 unspecified atom stereocenters. The number of rotatable bonds is 0. The van der Waals surface area contributed by atoms with Gasteiger partial charge in [-0.3, -0.25) is 0 Å². The van der Waals surface area contributed by atoms with Crippen LogP contribution in [0.4, 0.5) is 0 Å². The van der Waals surface area contributed by atoms with Crippen molar-refractivity contribution < 1.29 is 0 Å². The summed E-state index contributed by atoms with van der Waals surface area (Å²) in [5.74, 6) is 44.3. The third kappa shape index (κ3) is 0.524. The smallest absolute Gasteiger partial charge is 0.00504 e. The maximum absolute atomic E-state index is 1.85. The first kappa shape index (κ1) is 20.0. The van der Waals surface area contributed by atoms with Gasteiger partial charge in [0, 0.05) is 0 Å². The van der Waals surface area contributed by atoms with Crippen molar-refractivity contribution in [2.24, 2.45) is 298 Å². The fourth-order valence-electron chi connectivity index (χ4n) is 56.2. The summed E-state index contributed by atoms with van der Waals surface area (Å²) in [5, 5.41) is 0. The molecule has 37 fully saturated rings. The van der Waals surface area contributed by atoms with Crippen LogP contribution in [0, 0.1) is 298 Å². The fraction of sp³-hybridized carbons (Fsp3) is 1.00. The quantitative estimate of drug-likeness (QED) is 0.312. The van der Waals surface area contributed by atoms with E-state index in [1.807, 2.05) is 25.7 Å². The highest BCUT2D eigenvalue weighted by atomic mass is 15.5. The van der Waals surface area contributed by atoms with Crippen molar-refractivity contribution in [3.63, 3.8) is 0 Å². The minimum absolute atomic E-state index is 1.09. The van der Waals surface area contributed by atoms with E-state index in [-0.39, 0.29) is 0 Å². The van der Waals surface area contributed by atoms with Crippen LogP contribution in [-0.2, 0) is 0 Å². The lowest BCUT2D eigenvalue weighted by Crippen LogP contribution is -3.48. The lowest BCUT2D eigenvalue weighted by Gasteiger charge is -3.49. The largest absolute Gasteiger partial charge is 0.0458 e. The second-order valence-electron chi connectivity index (χ2n) is 35.3. The summed E-state index contributed by atoms with van der Waals surface area (Å²) >= 11 is 0. The van der Waals surface area contributed by atoms with E-state index in [0.29, 0.717) is 0 Å². The average molecular weight is 713 g/mol. The molecule has 0 bridgehead atoms. The molecule has 20 spiro atoms. The van der Waals surface area contributed by atoms with Gasteiger partial charge in [0.2, 0.25) is 0 Å². The summed E-state index contributed by atoms with van der Waals surface area (Å²) in [7, 11) is 0. The second kappa shape index (κ2) is 3.31. The SMILES string of the molecule is C1C2C3C4C5C6C7CC8C9C%10C%11C%12CC%13C%14C(C%15C%16C%17CC%18C%19C%20C%21C1C21C32C4C3C4C%22C%15C%16%15C%17%18C%19%16C%22%15C4%15C32C%211C%20%16%15)C1C2C3C4C5C65C78C96C45C34C23C%141C%13%12C%113C%1064. The van der Waals surface area contributed by atoms with E-state index in [9.17, 15) is 0 Å². The first-order valence-corrected chi connectivity index (χ1v) is 27.8. The Morgan fingerprint density at radius 1 is 0.161 bits per heavy atom. The molecular weight excluding hydrogens is 673 g/mol. The van der Waals surface area contributed by atoms with Crippen molar-refractivity contribution >= 4 is 0 Å². The van der Waals surface area contributed by atoms with Gasteiger partial charge in [0.1, 0.15) is 0 Å². The molecule has 37 saturated carbocycles. The maximum atomic E-state index is 1.85. The topological polar surface area (TPSA) is 0 Å². The normalized spacial score (nSPS) is 132. The standard InChI is InChI=1S/C56H40/c1-5-17-13-14-18-6-3-11-23-30-24-12-4-8-20-16(28-34-36-32-26(14)42(18)39(6,11)47(23)51(32,42)56(36)52(34)44(20,28)40(8,12)48(24,52)54(30,47)56)15-19-7-2-10-22-29-21-9(1)37(5)41(17)25(13)31-35-33-27(15)43(19)38(7,10)46(22)50(33,43)55(35)49(31,41)45(21,37)53(29,46)55/h5-36H,1-4H2. The zero-order valence-corrected chi connectivity index (χ0v) is 31.3. The molecule has 0 aromatic rings. The average Bonchev–Trinajstić information content (AvgIpc) is 3.05. The number of fused-ring (bicyclic) bond motifs is 18. The van der Waals surface area contributed by atoms with Gasteiger partial charge in [0.05, 0.1) is 0 Å². The van der Waals surface area contributed by atoms with Crippen molar-refractivity contribution in [3.8, 4) is 0 Å². The minimum Gasteiger partial charge on any atom is -0.0458 e. The van der Waals surface area contributed by atoms with Crippen molar-refractivity contribution in [2.45, 2.75) is 25.7 Å². The van der Waals surface area contributed by atoms with Gasteiger partial charge in [-0.25, -0.2) is 0 Å². The van der Waals surface area contributed by atoms with Crippen molar-refractivity contribution in [1.82, 2.24) is 0 Å². The fourth-order valence-corrected chi connectivity index (χ4v) is 56.2. The van der Waals surface area contributed by atoms with Gasteiger partial charge in [0.15, 0.2) is 0 Å². The zero-order valence-electron chi connectivity index (χ0n) is 31.3. The maximum Gasteiger partial charge on any atom is -0.00504 e. The molecule has 0 aromatic carbocycles. The van der Waals surface area contributed by atoms with Crippen LogP contribution >= 0.6 is 0 Å². The van der Waals surface area contributed by atoms with Gasteiger partial charge in [-0.15, -0.1) is 0 Å². The molecule has 0 aromatic heterocycles. The van der Waals surface area contributed by atoms with E-state index in [1.165, 1.54) is 189 Å². The summed E-state index contributed by atoms with van der Waals surface area (Å²) in [5.41, 5.74) is 22.0. The Hall–Kier alpha value is 0. The molecule has 0 aliphatic heterocycles. The number of hydrogen-bond donors (Lipinski definition) is 0. The summed E-state index contributed by atoms with van der Waals surface area (Å²) in [4.78, 5) is 0. The molecule has 0 radical (unpaired) electrons. The molecule has 264 valence electrons. The van der Waals surface area contributed by atoms with E-state index < -0.39 is 0 Å². The highest BCUT2D eigenvalue weighted by Gasteiger charge is 3.51. The van der Waals surface area contributed by atoms with Crippen molar-refractivity contribution in [2.75, 3.05) is 0 Å². The predicted octanol–water partition coefficient (Wildman–Crippen LogP) is 5.50. The van der Waals surface area contributed by atoms with Crippen LogP contribution in [0.1, 0.15) is 25.7 Å². The van der Waals surface area contributed by atoms with Crippen molar-refractivity contribution in [1.29, 1.82) is 0 Å². The summed E-state index contributed by atoms with van der Waals surface area (Å²) in [6, 6.07) is 0. The zero-order chi connectivity index (χ0) is 31.3. The Morgan fingerprint density at radius 3 is 0.625 bits per heavy atom. The van der Waals surface area contributed by atoms with Gasteiger partial charge in [-0.1, -0.05) is 0 Å². The third-order valence-electron chi connectivity index (χ3n) is 45.9. The lowest BCUT2D eigenvalue weighted by molar-refractivity contribution is -1.05. The van der Waals surface area contributed by atoms with E-state index in [4.69, 9.17) is 0 Å². The van der Waals surface area contributed by atoms with Crippen LogP contribution in [0.3, 0.4) is 0 Å². The third-order valence-corrected chi connectivity index (χ3v) is 45.9. The van der Waals surface area contributed by atoms with Crippen LogP contribution in [-0.4, -0.2) is 0 Å². The highest BCUT2D eigenvalue weighted by Crippen LogP contribution is 3.53. The van der Waals surface area contributed by atoms with Gasteiger partial charge < -0.3 is 0 Å². The van der Waals surface area contributed by atoms with E-state index in [0.717, 1.165) is 108 Å². The van der Waals surface area contributed by atoms with E-state index in [2.05, 4.69) is 0 Å². The van der Waals surface area contributed by atoms with Gasteiger partial charge in [-0.05, 0) is 323 Å². The van der Waals surface area contributed by atoms with Gasteiger partial charge >= 0.3 is 0 Å². The summed E-state index contributed by atoms with van der Waals surface area (Å²) in [6.45, 7) is 0. The first-order valence-electron chi connectivity index (χ1n) is 27.8. The monoisotopic (exact) mass is 712 g/mol. The Labute approximate surface area is 322 Å². The second-order valence-corrected chi connectivity index (χ2v) is 35.3. The molecule has 0 heteroatoms. The molecule has 0 amide bonds. The molecule has 56 heavy (non-hydrogen) atoms. The molecule has 0 heterocycles. The molecule has 37 aliphatic rings. The Bertz CT molecular complexity index is 2940. The molecule has 0 saturated heterocycles.